The zero-order valence-electron chi connectivity index (χ0n) is 12.4. The van der Waals surface area contributed by atoms with Crippen molar-refractivity contribution >= 4 is 17.5 Å². The largest absolute Gasteiger partial charge is 0.395 e. The van der Waals surface area contributed by atoms with Crippen molar-refractivity contribution in [2.45, 2.75) is 26.2 Å². The number of rotatable bonds is 3. The number of hydrogen-bond acceptors (Lipinski definition) is 3. The van der Waals surface area contributed by atoms with Gasteiger partial charge in [-0.2, -0.15) is 0 Å². The average molecular weight is 278 g/mol. The van der Waals surface area contributed by atoms with Crippen LogP contribution in [0.3, 0.4) is 0 Å². The highest BCUT2D eigenvalue weighted by Gasteiger charge is 2.18. The molecule has 1 aromatic rings. The van der Waals surface area contributed by atoms with Gasteiger partial charge in [-0.25, -0.2) is 0 Å². The molecule has 20 heavy (non-hydrogen) atoms. The Bertz CT molecular complexity index is 475. The number of aliphatic hydroxyl groups excluding tert-OH is 1. The van der Waals surface area contributed by atoms with E-state index in [4.69, 9.17) is 5.11 Å². The molecule has 5 nitrogen and oxygen atoms in total. The highest BCUT2D eigenvalue weighted by molar-refractivity contribution is 6.39. The van der Waals surface area contributed by atoms with Gasteiger partial charge >= 0.3 is 11.8 Å². The highest BCUT2D eigenvalue weighted by Crippen LogP contribution is 2.23. The van der Waals surface area contributed by atoms with Gasteiger partial charge in [0.05, 0.1) is 6.61 Å². The molecule has 0 heterocycles. The molecule has 0 aliphatic rings. The van der Waals surface area contributed by atoms with Crippen LogP contribution < -0.4 is 5.32 Å². The molecular weight excluding hydrogens is 256 g/mol. The number of nitrogens with one attached hydrogen (secondary N) is 1. The number of likely N-dealkylation sites (N-methyl/N-ethyl adjacent to an activating group) is 1. The monoisotopic (exact) mass is 278 g/mol. The maximum absolute atomic E-state index is 11.7. The number of nitrogens with zero attached hydrogens (tertiary/aromatic N) is 1. The third-order valence-corrected chi connectivity index (χ3v) is 2.99. The van der Waals surface area contributed by atoms with E-state index in [1.165, 1.54) is 11.9 Å². The van der Waals surface area contributed by atoms with E-state index in [0.717, 1.165) is 5.56 Å². The number of carbonyl (C=O) groups excluding carboxylic acids is 2. The lowest BCUT2D eigenvalue weighted by atomic mass is 9.87. The van der Waals surface area contributed by atoms with Crippen molar-refractivity contribution in [1.29, 1.82) is 0 Å². The molecule has 0 spiro atoms. The van der Waals surface area contributed by atoms with Gasteiger partial charge in [0.15, 0.2) is 0 Å². The molecule has 0 bridgehead atoms. The Balaban J connectivity index is 2.69. The van der Waals surface area contributed by atoms with Gasteiger partial charge in [-0.15, -0.1) is 0 Å². The molecule has 1 rings (SSSR count). The van der Waals surface area contributed by atoms with Crippen molar-refractivity contribution in [2.24, 2.45) is 0 Å². The standard InChI is InChI=1S/C15H22N2O3/c1-15(2,3)11-5-7-12(8-6-11)16-13(19)14(20)17(4)9-10-18/h5-8,18H,9-10H2,1-4H3,(H,16,19). The lowest BCUT2D eigenvalue weighted by Crippen LogP contribution is -2.38. The lowest BCUT2D eigenvalue weighted by Gasteiger charge is -2.19. The maximum atomic E-state index is 11.7. The van der Waals surface area contributed by atoms with Gasteiger partial charge in [0, 0.05) is 19.3 Å². The Labute approximate surface area is 119 Å². The summed E-state index contributed by atoms with van der Waals surface area (Å²) in [7, 11) is 1.47. The Morgan fingerprint density at radius 3 is 2.20 bits per heavy atom. The molecule has 110 valence electrons. The van der Waals surface area contributed by atoms with Crippen LogP contribution in [0.5, 0.6) is 0 Å². The molecule has 0 fully saturated rings. The van der Waals surface area contributed by atoms with Crippen molar-refractivity contribution < 1.29 is 14.7 Å². The van der Waals surface area contributed by atoms with Crippen molar-refractivity contribution in [3.8, 4) is 0 Å². The number of hydrogen-bond donors (Lipinski definition) is 2. The molecule has 0 unspecified atom stereocenters. The van der Waals surface area contributed by atoms with Gasteiger partial charge < -0.3 is 15.3 Å². The molecule has 2 N–H and O–H groups in total. The first-order chi connectivity index (χ1) is 9.25. The number of carbonyl (C=O) groups is 2. The Hall–Kier alpha value is -1.88. The van der Waals surface area contributed by atoms with Gasteiger partial charge in [0.2, 0.25) is 0 Å². The summed E-state index contributed by atoms with van der Waals surface area (Å²) in [5.41, 5.74) is 1.77. The Kier molecular flexibility index (Phi) is 5.27. The fourth-order valence-electron chi connectivity index (χ4n) is 1.66. The van der Waals surface area contributed by atoms with E-state index in [1.807, 2.05) is 12.1 Å². The second-order valence-electron chi connectivity index (χ2n) is 5.73. The Morgan fingerprint density at radius 1 is 1.20 bits per heavy atom. The number of anilines is 1. The van der Waals surface area contributed by atoms with Gasteiger partial charge in [-0.1, -0.05) is 32.9 Å². The molecule has 0 saturated heterocycles. The summed E-state index contributed by atoms with van der Waals surface area (Å²) in [6, 6.07) is 7.41. The minimum atomic E-state index is -0.704. The first-order valence-electron chi connectivity index (χ1n) is 6.53. The van der Waals surface area contributed by atoms with Crippen molar-refractivity contribution in [2.75, 3.05) is 25.5 Å². The number of benzene rings is 1. The first kappa shape index (κ1) is 16.2. The number of aliphatic hydroxyl groups is 1. The fraction of sp³-hybridized carbons (Fsp3) is 0.467. The predicted molar refractivity (Wildman–Crippen MR) is 78.5 cm³/mol. The lowest BCUT2D eigenvalue weighted by molar-refractivity contribution is -0.142. The van der Waals surface area contributed by atoms with Crippen LogP contribution in [0, 0.1) is 0 Å². The molecule has 0 radical (unpaired) electrons. The van der Waals surface area contributed by atoms with Crippen LogP contribution in [-0.2, 0) is 15.0 Å². The fourth-order valence-corrected chi connectivity index (χ4v) is 1.66. The zero-order valence-corrected chi connectivity index (χ0v) is 12.4. The van der Waals surface area contributed by atoms with Crippen molar-refractivity contribution in [3.05, 3.63) is 29.8 Å². The van der Waals surface area contributed by atoms with Crippen LogP contribution in [0.2, 0.25) is 0 Å². The summed E-state index contributed by atoms with van der Waals surface area (Å²) in [6.07, 6.45) is 0. The van der Waals surface area contributed by atoms with Crippen LogP contribution in [0.25, 0.3) is 0 Å². The average Bonchev–Trinajstić information content (AvgIpc) is 2.37. The normalized spacial score (nSPS) is 11.1. The second kappa shape index (κ2) is 6.52. The van der Waals surface area contributed by atoms with Crippen molar-refractivity contribution in [1.82, 2.24) is 4.90 Å². The molecule has 0 saturated carbocycles. The van der Waals surface area contributed by atoms with Crippen LogP contribution in [0.15, 0.2) is 24.3 Å². The van der Waals surface area contributed by atoms with Gasteiger partial charge in [0.25, 0.3) is 0 Å². The van der Waals surface area contributed by atoms with E-state index >= 15 is 0 Å². The summed E-state index contributed by atoms with van der Waals surface area (Å²) >= 11 is 0. The predicted octanol–water partition coefficient (Wildman–Crippen LogP) is 1.37. The second-order valence-corrected chi connectivity index (χ2v) is 5.73. The molecular formula is C15H22N2O3. The van der Waals surface area contributed by atoms with E-state index in [0.29, 0.717) is 5.69 Å². The molecule has 2 amide bonds. The molecule has 0 atom stereocenters. The van der Waals surface area contributed by atoms with Gasteiger partial charge in [-0.05, 0) is 23.1 Å². The van der Waals surface area contributed by atoms with Crippen LogP contribution in [-0.4, -0.2) is 42.0 Å². The zero-order chi connectivity index (χ0) is 15.3. The summed E-state index contributed by atoms with van der Waals surface area (Å²) < 4.78 is 0. The Morgan fingerprint density at radius 2 is 1.75 bits per heavy atom. The van der Waals surface area contributed by atoms with Crippen LogP contribution >= 0.6 is 0 Å². The van der Waals surface area contributed by atoms with E-state index in [9.17, 15) is 9.59 Å². The minimum absolute atomic E-state index is 0.0414. The first-order valence-corrected chi connectivity index (χ1v) is 6.53. The number of amides is 2. The molecule has 5 heteroatoms. The van der Waals surface area contributed by atoms with Gasteiger partial charge in [0.1, 0.15) is 0 Å². The van der Waals surface area contributed by atoms with E-state index in [1.54, 1.807) is 12.1 Å². The summed E-state index contributed by atoms with van der Waals surface area (Å²) in [6.45, 7) is 6.28. The quantitative estimate of drug-likeness (QED) is 0.821. The van der Waals surface area contributed by atoms with Crippen LogP contribution in [0.1, 0.15) is 26.3 Å². The molecule has 1 aromatic carbocycles. The third-order valence-electron chi connectivity index (χ3n) is 2.99. The summed E-state index contributed by atoms with van der Waals surface area (Å²) in [4.78, 5) is 24.6. The van der Waals surface area contributed by atoms with Crippen LogP contribution in [0.4, 0.5) is 5.69 Å². The van der Waals surface area contributed by atoms with E-state index < -0.39 is 11.8 Å². The molecule has 0 aromatic heterocycles. The minimum Gasteiger partial charge on any atom is -0.395 e. The molecule has 0 aliphatic carbocycles. The van der Waals surface area contributed by atoms with E-state index in [-0.39, 0.29) is 18.6 Å². The SMILES string of the molecule is CN(CCO)C(=O)C(=O)Nc1ccc(C(C)(C)C)cc1. The molecule has 0 aliphatic heterocycles. The smallest absolute Gasteiger partial charge is 0.313 e. The summed E-state index contributed by atoms with van der Waals surface area (Å²) in [5, 5.41) is 11.3. The highest BCUT2D eigenvalue weighted by atomic mass is 16.3. The maximum Gasteiger partial charge on any atom is 0.313 e. The van der Waals surface area contributed by atoms with Crippen molar-refractivity contribution in [3.63, 3.8) is 0 Å². The van der Waals surface area contributed by atoms with E-state index in [2.05, 4.69) is 26.1 Å². The summed E-state index contributed by atoms with van der Waals surface area (Å²) in [5.74, 6) is -1.37. The third kappa shape index (κ3) is 4.35. The topological polar surface area (TPSA) is 69.6 Å². The van der Waals surface area contributed by atoms with Gasteiger partial charge in [-0.3, -0.25) is 9.59 Å².